The van der Waals surface area contributed by atoms with Crippen LogP contribution < -0.4 is 5.32 Å². The van der Waals surface area contributed by atoms with Crippen molar-refractivity contribution in [1.82, 2.24) is 14.5 Å². The van der Waals surface area contributed by atoms with E-state index < -0.39 is 10.0 Å². The minimum Gasteiger partial charge on any atom is -0.350 e. The minimum absolute atomic E-state index is 0.156. The van der Waals surface area contributed by atoms with Crippen LogP contribution in [0.25, 0.3) is 0 Å². The third kappa shape index (κ3) is 4.22. The molecule has 1 unspecified atom stereocenters. The maximum absolute atomic E-state index is 12.5. The van der Waals surface area contributed by atoms with Crippen LogP contribution in [0.3, 0.4) is 0 Å². The maximum Gasteiger partial charge on any atom is 0.251 e. The lowest BCUT2D eigenvalue weighted by Crippen LogP contribution is -2.40. The van der Waals surface area contributed by atoms with Gasteiger partial charge in [0.1, 0.15) is 0 Å². The van der Waals surface area contributed by atoms with Crippen LogP contribution in [-0.2, 0) is 10.0 Å². The fourth-order valence-electron chi connectivity index (χ4n) is 3.51. The Morgan fingerprint density at radius 1 is 1.04 bits per heavy atom. The number of nitrogens with one attached hydrogen (secondary N) is 1. The van der Waals surface area contributed by atoms with E-state index in [1.54, 1.807) is 12.1 Å². The highest BCUT2D eigenvalue weighted by Gasteiger charge is 2.27. The topological polar surface area (TPSA) is 69.7 Å². The standard InChI is InChI=1S/C18H27N3O3S/c1-15(20-10-2-3-11-20)14-19-18(22)16-6-8-17(9-7-16)25(23,24)21-12-4-5-13-21/h6-9,15H,2-5,10-14H2,1H3,(H,19,22). The summed E-state index contributed by atoms with van der Waals surface area (Å²) in [6, 6.07) is 6.58. The molecule has 0 saturated carbocycles. The van der Waals surface area contributed by atoms with E-state index in [0.29, 0.717) is 31.2 Å². The third-order valence-corrected chi connectivity index (χ3v) is 7.05. The monoisotopic (exact) mass is 365 g/mol. The van der Waals surface area contributed by atoms with Crippen LogP contribution in [0.1, 0.15) is 43.0 Å². The molecule has 1 N–H and O–H groups in total. The SMILES string of the molecule is CC(CNC(=O)c1ccc(S(=O)(=O)N2CCCC2)cc1)N1CCCC1. The molecule has 6 nitrogen and oxygen atoms in total. The molecule has 2 heterocycles. The van der Waals surface area contributed by atoms with E-state index in [-0.39, 0.29) is 10.8 Å². The van der Waals surface area contributed by atoms with Gasteiger partial charge in [-0.2, -0.15) is 4.31 Å². The summed E-state index contributed by atoms with van der Waals surface area (Å²) in [6.07, 6.45) is 4.28. The number of benzene rings is 1. The van der Waals surface area contributed by atoms with Crippen LogP contribution in [0.4, 0.5) is 0 Å². The second-order valence-electron chi connectivity index (χ2n) is 6.94. The fourth-order valence-corrected chi connectivity index (χ4v) is 5.03. The summed E-state index contributed by atoms with van der Waals surface area (Å²) >= 11 is 0. The van der Waals surface area contributed by atoms with Gasteiger partial charge in [-0.15, -0.1) is 0 Å². The lowest BCUT2D eigenvalue weighted by Gasteiger charge is -2.23. The van der Waals surface area contributed by atoms with Crippen LogP contribution >= 0.6 is 0 Å². The van der Waals surface area contributed by atoms with Crippen molar-refractivity contribution in [3.8, 4) is 0 Å². The number of nitrogens with zero attached hydrogens (tertiary/aromatic N) is 2. The summed E-state index contributed by atoms with van der Waals surface area (Å²) in [5.41, 5.74) is 0.494. The first-order valence-electron chi connectivity index (χ1n) is 9.11. The number of carbonyl (C=O) groups excluding carboxylic acids is 1. The van der Waals surface area contributed by atoms with Gasteiger partial charge < -0.3 is 5.32 Å². The molecule has 2 saturated heterocycles. The molecule has 0 spiro atoms. The minimum atomic E-state index is -3.42. The molecule has 1 aromatic carbocycles. The zero-order chi connectivity index (χ0) is 17.9. The van der Waals surface area contributed by atoms with Crippen molar-refractivity contribution in [1.29, 1.82) is 0 Å². The van der Waals surface area contributed by atoms with Crippen molar-refractivity contribution in [2.75, 3.05) is 32.7 Å². The van der Waals surface area contributed by atoms with Crippen molar-refractivity contribution < 1.29 is 13.2 Å². The van der Waals surface area contributed by atoms with Gasteiger partial charge in [0.15, 0.2) is 0 Å². The number of amides is 1. The van der Waals surface area contributed by atoms with Crippen LogP contribution in [-0.4, -0.2) is 62.3 Å². The van der Waals surface area contributed by atoms with Crippen molar-refractivity contribution in [3.05, 3.63) is 29.8 Å². The molecule has 0 aromatic heterocycles. The van der Waals surface area contributed by atoms with E-state index >= 15 is 0 Å². The van der Waals surface area contributed by atoms with Gasteiger partial charge in [0.05, 0.1) is 4.90 Å². The van der Waals surface area contributed by atoms with Crippen molar-refractivity contribution >= 4 is 15.9 Å². The number of likely N-dealkylation sites (tertiary alicyclic amines) is 1. The number of carbonyl (C=O) groups is 1. The lowest BCUT2D eigenvalue weighted by molar-refractivity contribution is 0.0940. The van der Waals surface area contributed by atoms with Crippen LogP contribution in [0.5, 0.6) is 0 Å². The van der Waals surface area contributed by atoms with Crippen molar-refractivity contribution in [2.24, 2.45) is 0 Å². The van der Waals surface area contributed by atoms with Gasteiger partial charge in [0, 0.05) is 31.2 Å². The normalized spacial score (nSPS) is 20.7. The Bertz CT molecular complexity index is 691. The van der Waals surface area contributed by atoms with Gasteiger partial charge in [-0.1, -0.05) is 0 Å². The molecule has 7 heteroatoms. The molecule has 3 rings (SSSR count). The van der Waals surface area contributed by atoms with E-state index in [2.05, 4.69) is 17.1 Å². The third-order valence-electron chi connectivity index (χ3n) is 5.14. The smallest absolute Gasteiger partial charge is 0.251 e. The highest BCUT2D eigenvalue weighted by Crippen LogP contribution is 2.21. The summed E-state index contributed by atoms with van der Waals surface area (Å²) in [4.78, 5) is 14.9. The molecule has 2 fully saturated rings. The van der Waals surface area contributed by atoms with E-state index in [1.165, 1.54) is 29.3 Å². The highest BCUT2D eigenvalue weighted by atomic mass is 32.2. The Hall–Kier alpha value is -1.44. The Morgan fingerprint density at radius 3 is 2.20 bits per heavy atom. The Kier molecular flexibility index (Phi) is 5.76. The van der Waals surface area contributed by atoms with Crippen molar-refractivity contribution in [3.63, 3.8) is 0 Å². The van der Waals surface area contributed by atoms with E-state index in [0.717, 1.165) is 25.9 Å². The zero-order valence-electron chi connectivity index (χ0n) is 14.8. The maximum atomic E-state index is 12.5. The quantitative estimate of drug-likeness (QED) is 0.833. The molecule has 0 bridgehead atoms. The Labute approximate surface area is 150 Å². The molecule has 0 aliphatic carbocycles. The van der Waals surface area contributed by atoms with Gasteiger partial charge in [-0.05, 0) is 70.0 Å². The van der Waals surface area contributed by atoms with Crippen LogP contribution in [0.2, 0.25) is 0 Å². The molecule has 25 heavy (non-hydrogen) atoms. The number of hydrogen-bond acceptors (Lipinski definition) is 4. The molecule has 138 valence electrons. The summed E-state index contributed by atoms with van der Waals surface area (Å²) < 4.78 is 26.5. The second kappa shape index (κ2) is 7.85. The van der Waals surface area contributed by atoms with Gasteiger partial charge >= 0.3 is 0 Å². The summed E-state index contributed by atoms with van der Waals surface area (Å²) in [6.45, 7) is 6.09. The molecular weight excluding hydrogens is 338 g/mol. The molecule has 1 atom stereocenters. The van der Waals surface area contributed by atoms with Crippen LogP contribution in [0, 0.1) is 0 Å². The number of rotatable bonds is 6. The first-order chi connectivity index (χ1) is 12.0. The van der Waals surface area contributed by atoms with Crippen LogP contribution in [0.15, 0.2) is 29.2 Å². The molecule has 2 aliphatic rings. The molecule has 2 aliphatic heterocycles. The zero-order valence-corrected chi connectivity index (χ0v) is 15.6. The summed E-state index contributed by atoms with van der Waals surface area (Å²) in [5, 5.41) is 2.95. The molecule has 1 amide bonds. The highest BCUT2D eigenvalue weighted by molar-refractivity contribution is 7.89. The Morgan fingerprint density at radius 2 is 1.60 bits per heavy atom. The lowest BCUT2D eigenvalue weighted by atomic mass is 10.2. The molecule has 1 aromatic rings. The van der Waals surface area contributed by atoms with Gasteiger partial charge in [0.2, 0.25) is 10.0 Å². The number of sulfonamides is 1. The molecule has 0 radical (unpaired) electrons. The van der Waals surface area contributed by atoms with Gasteiger partial charge in [0.25, 0.3) is 5.91 Å². The largest absolute Gasteiger partial charge is 0.350 e. The fraction of sp³-hybridized carbons (Fsp3) is 0.611. The van der Waals surface area contributed by atoms with Crippen molar-refractivity contribution in [2.45, 2.75) is 43.5 Å². The average molecular weight is 365 g/mol. The Balaban J connectivity index is 1.58. The van der Waals surface area contributed by atoms with E-state index in [1.807, 2.05) is 0 Å². The first-order valence-corrected chi connectivity index (χ1v) is 10.5. The van der Waals surface area contributed by atoms with E-state index in [9.17, 15) is 13.2 Å². The second-order valence-corrected chi connectivity index (χ2v) is 8.88. The van der Waals surface area contributed by atoms with Gasteiger partial charge in [-0.25, -0.2) is 8.42 Å². The predicted molar refractivity (Wildman–Crippen MR) is 97.0 cm³/mol. The van der Waals surface area contributed by atoms with Gasteiger partial charge in [-0.3, -0.25) is 9.69 Å². The average Bonchev–Trinajstić information content (AvgIpc) is 3.33. The summed E-state index contributed by atoms with van der Waals surface area (Å²) in [7, 11) is -3.42. The summed E-state index contributed by atoms with van der Waals surface area (Å²) in [5.74, 6) is -0.156. The predicted octanol–water partition coefficient (Wildman–Crippen LogP) is 1.69. The number of hydrogen-bond donors (Lipinski definition) is 1. The van der Waals surface area contributed by atoms with E-state index in [4.69, 9.17) is 0 Å². The first kappa shape index (κ1) is 18.4. The molecular formula is C18H27N3O3S.